The summed E-state index contributed by atoms with van der Waals surface area (Å²) >= 11 is 0. The Morgan fingerprint density at radius 2 is 1.91 bits per heavy atom. The molecule has 0 aromatic carbocycles. The Kier molecular flexibility index (Phi) is 4.69. The number of rotatable bonds is 4. The van der Waals surface area contributed by atoms with Crippen LogP contribution in [0.25, 0.3) is 0 Å². The van der Waals surface area contributed by atoms with Crippen LogP contribution in [0.2, 0.25) is 12.6 Å². The molecule has 11 heavy (non-hydrogen) atoms. The van der Waals surface area contributed by atoms with Crippen molar-refractivity contribution in [2.75, 3.05) is 20.3 Å². The lowest BCUT2D eigenvalue weighted by Crippen LogP contribution is -2.39. The Labute approximate surface area is 72.1 Å². The first-order valence-electron chi connectivity index (χ1n) is 4.32. The second-order valence-electron chi connectivity index (χ2n) is 3.75. The second-order valence-corrected chi connectivity index (χ2v) is 8.41. The summed E-state index contributed by atoms with van der Waals surface area (Å²) in [5.41, 5.74) is 2.44. The quantitative estimate of drug-likeness (QED) is 0.587. The molecule has 0 spiro atoms. The number of hydrogen-bond acceptors (Lipinski definition) is 1. The van der Waals surface area contributed by atoms with Crippen molar-refractivity contribution >= 4 is 8.07 Å². The Morgan fingerprint density at radius 3 is 2.18 bits per heavy atom. The molecule has 0 aliphatic heterocycles. The standard InChI is InChI=1S/C9H21NSi/c1-6-8-11(5,7-2)9-10(3)4/h6,8H,7,9H2,1-5H3. The van der Waals surface area contributed by atoms with Crippen molar-refractivity contribution in [1.82, 2.24) is 4.90 Å². The summed E-state index contributed by atoms with van der Waals surface area (Å²) in [6, 6.07) is 1.34. The van der Waals surface area contributed by atoms with E-state index in [0.717, 1.165) is 0 Å². The van der Waals surface area contributed by atoms with Crippen LogP contribution in [0.4, 0.5) is 0 Å². The molecular formula is C9H21NSi. The molecule has 1 unspecified atom stereocenters. The van der Waals surface area contributed by atoms with Gasteiger partial charge in [-0.05, 0) is 27.2 Å². The van der Waals surface area contributed by atoms with Crippen LogP contribution in [0.1, 0.15) is 13.8 Å². The molecule has 2 heteroatoms. The van der Waals surface area contributed by atoms with Crippen molar-refractivity contribution in [3.8, 4) is 0 Å². The van der Waals surface area contributed by atoms with Gasteiger partial charge in [0.1, 0.15) is 0 Å². The van der Waals surface area contributed by atoms with E-state index in [1.807, 2.05) is 0 Å². The first-order chi connectivity index (χ1) is 5.04. The van der Waals surface area contributed by atoms with Gasteiger partial charge in [0, 0.05) is 0 Å². The third kappa shape index (κ3) is 4.38. The molecule has 0 saturated heterocycles. The fourth-order valence-electron chi connectivity index (χ4n) is 1.41. The normalized spacial score (nSPS) is 17.6. The first-order valence-corrected chi connectivity index (χ1v) is 7.32. The zero-order valence-corrected chi connectivity index (χ0v) is 9.52. The van der Waals surface area contributed by atoms with E-state index in [9.17, 15) is 0 Å². The molecule has 1 atom stereocenters. The van der Waals surface area contributed by atoms with E-state index in [4.69, 9.17) is 0 Å². The fourth-order valence-corrected chi connectivity index (χ4v) is 4.22. The number of nitrogens with zero attached hydrogens (tertiary/aromatic N) is 1. The molecule has 0 bridgehead atoms. The third-order valence-corrected chi connectivity index (χ3v) is 6.16. The number of allylic oxidation sites excluding steroid dienone is 1. The molecule has 0 aliphatic rings. The Morgan fingerprint density at radius 1 is 1.36 bits per heavy atom. The molecule has 0 fully saturated rings. The summed E-state index contributed by atoms with van der Waals surface area (Å²) in [6.07, 6.45) is 3.48. The molecule has 0 aliphatic carbocycles. The smallest absolute Gasteiger partial charge is 0.0884 e. The molecule has 0 aromatic rings. The molecule has 0 rings (SSSR count). The lowest BCUT2D eigenvalue weighted by atomic mass is 10.8. The third-order valence-electron chi connectivity index (χ3n) is 2.05. The minimum atomic E-state index is -1.04. The van der Waals surface area contributed by atoms with E-state index in [0.29, 0.717) is 0 Å². The largest absolute Gasteiger partial charge is 0.312 e. The summed E-state index contributed by atoms with van der Waals surface area (Å²) in [5, 5.41) is 0. The minimum absolute atomic E-state index is 1.04. The van der Waals surface area contributed by atoms with Crippen LogP contribution in [0.15, 0.2) is 11.8 Å². The highest BCUT2D eigenvalue weighted by Gasteiger charge is 2.21. The maximum absolute atomic E-state index is 2.44. The molecule has 0 heterocycles. The number of hydrogen-bond donors (Lipinski definition) is 0. The van der Waals surface area contributed by atoms with E-state index >= 15 is 0 Å². The predicted octanol–water partition coefficient (Wildman–Crippen LogP) is 2.30. The van der Waals surface area contributed by atoms with E-state index < -0.39 is 8.07 Å². The molecule has 1 nitrogen and oxygen atoms in total. The van der Waals surface area contributed by atoms with Crippen molar-refractivity contribution in [1.29, 1.82) is 0 Å². The summed E-state index contributed by atoms with van der Waals surface area (Å²) in [7, 11) is 3.27. The average Bonchev–Trinajstić information content (AvgIpc) is 1.87. The Balaban J connectivity index is 4.10. The lowest BCUT2D eigenvalue weighted by Gasteiger charge is -2.25. The van der Waals surface area contributed by atoms with Crippen molar-refractivity contribution in [2.45, 2.75) is 26.4 Å². The Bertz CT molecular complexity index is 132. The highest BCUT2D eigenvalue weighted by Crippen LogP contribution is 2.11. The molecule has 0 aromatic heterocycles. The highest BCUT2D eigenvalue weighted by atomic mass is 28.3. The first kappa shape index (κ1) is 10.9. The zero-order valence-electron chi connectivity index (χ0n) is 8.52. The predicted molar refractivity (Wildman–Crippen MR) is 55.5 cm³/mol. The maximum atomic E-state index is 2.44. The summed E-state index contributed by atoms with van der Waals surface area (Å²) in [6.45, 7) is 6.86. The van der Waals surface area contributed by atoms with Gasteiger partial charge >= 0.3 is 0 Å². The van der Waals surface area contributed by atoms with Gasteiger partial charge in [-0.15, -0.1) is 0 Å². The van der Waals surface area contributed by atoms with Gasteiger partial charge < -0.3 is 4.90 Å². The van der Waals surface area contributed by atoms with Gasteiger partial charge in [-0.2, -0.15) is 0 Å². The van der Waals surface area contributed by atoms with E-state index in [2.05, 4.69) is 51.2 Å². The van der Waals surface area contributed by atoms with Crippen LogP contribution >= 0.6 is 0 Å². The Hall–Kier alpha value is -0.0831. The van der Waals surface area contributed by atoms with Gasteiger partial charge in [-0.3, -0.25) is 0 Å². The van der Waals surface area contributed by atoms with E-state index in [1.54, 1.807) is 0 Å². The van der Waals surface area contributed by atoms with Crippen molar-refractivity contribution < 1.29 is 0 Å². The van der Waals surface area contributed by atoms with Gasteiger partial charge in [0.05, 0.1) is 8.07 Å². The van der Waals surface area contributed by atoms with Gasteiger partial charge in [-0.25, -0.2) is 0 Å². The maximum Gasteiger partial charge on any atom is 0.0884 e. The van der Waals surface area contributed by atoms with E-state index in [1.165, 1.54) is 12.2 Å². The summed E-state index contributed by atoms with van der Waals surface area (Å²) in [5.74, 6) is 0. The zero-order chi connectivity index (χ0) is 8.91. The highest BCUT2D eigenvalue weighted by molar-refractivity contribution is 6.83. The summed E-state index contributed by atoms with van der Waals surface area (Å²) < 4.78 is 0. The van der Waals surface area contributed by atoms with Crippen LogP contribution in [0.3, 0.4) is 0 Å². The molecule has 0 N–H and O–H groups in total. The van der Waals surface area contributed by atoms with Gasteiger partial charge in [-0.1, -0.05) is 31.3 Å². The molecule has 0 saturated carbocycles. The molecule has 0 radical (unpaired) electrons. The van der Waals surface area contributed by atoms with Crippen LogP contribution in [0, 0.1) is 0 Å². The van der Waals surface area contributed by atoms with Crippen LogP contribution in [0.5, 0.6) is 0 Å². The topological polar surface area (TPSA) is 3.24 Å². The minimum Gasteiger partial charge on any atom is -0.312 e. The van der Waals surface area contributed by atoms with Gasteiger partial charge in [0.15, 0.2) is 0 Å². The van der Waals surface area contributed by atoms with Crippen molar-refractivity contribution in [2.24, 2.45) is 0 Å². The second kappa shape index (κ2) is 4.73. The molecular weight excluding hydrogens is 150 g/mol. The monoisotopic (exact) mass is 171 g/mol. The van der Waals surface area contributed by atoms with Crippen LogP contribution < -0.4 is 0 Å². The fraction of sp³-hybridized carbons (Fsp3) is 0.778. The average molecular weight is 171 g/mol. The summed E-state index contributed by atoms with van der Waals surface area (Å²) in [4.78, 5) is 2.30. The molecule has 66 valence electrons. The lowest BCUT2D eigenvalue weighted by molar-refractivity contribution is 0.471. The van der Waals surface area contributed by atoms with Crippen LogP contribution in [-0.2, 0) is 0 Å². The van der Waals surface area contributed by atoms with Crippen LogP contribution in [-0.4, -0.2) is 33.2 Å². The van der Waals surface area contributed by atoms with Crippen molar-refractivity contribution in [3.63, 3.8) is 0 Å². The van der Waals surface area contributed by atoms with Gasteiger partial charge in [0.2, 0.25) is 0 Å². The van der Waals surface area contributed by atoms with E-state index in [-0.39, 0.29) is 0 Å². The SMILES string of the molecule is CC=C[Si](C)(CC)CN(C)C. The van der Waals surface area contributed by atoms with Crippen molar-refractivity contribution in [3.05, 3.63) is 11.8 Å². The van der Waals surface area contributed by atoms with Gasteiger partial charge in [0.25, 0.3) is 0 Å². The molecule has 0 amide bonds.